The van der Waals surface area contributed by atoms with Crippen LogP contribution in [0.1, 0.15) is 45.1 Å². The first-order valence-corrected chi connectivity index (χ1v) is 8.54. The first-order valence-electron chi connectivity index (χ1n) is 8.54. The van der Waals surface area contributed by atoms with Crippen LogP contribution in [0.2, 0.25) is 0 Å². The Kier molecular flexibility index (Phi) is 4.63. The van der Waals surface area contributed by atoms with Gasteiger partial charge in [-0.25, -0.2) is 9.97 Å². The van der Waals surface area contributed by atoms with Gasteiger partial charge in [0.15, 0.2) is 0 Å². The molecule has 0 atom stereocenters. The van der Waals surface area contributed by atoms with Crippen LogP contribution in [0.15, 0.2) is 12.3 Å². The average Bonchev–Trinajstić information content (AvgIpc) is 2.86. The molecule has 1 aliphatic heterocycles. The maximum atomic E-state index is 9.07. The van der Waals surface area contributed by atoms with Gasteiger partial charge in [0.05, 0.1) is 0 Å². The number of hydrogen-bond acceptors (Lipinski definition) is 4. The van der Waals surface area contributed by atoms with Gasteiger partial charge in [0.2, 0.25) is 5.82 Å². The summed E-state index contributed by atoms with van der Waals surface area (Å²) in [7, 11) is 0. The lowest BCUT2D eigenvalue weighted by molar-refractivity contribution is 0.181. The van der Waals surface area contributed by atoms with E-state index in [0.29, 0.717) is 5.92 Å². The topological polar surface area (TPSA) is 57.7 Å². The standard InChI is InChI=1S/C18H25N5/c1-13(2)11-23-16(12-22-6-4-14(3)5-7-22)8-15-10-20-17(9-19)21-18(15)23/h8,10,13-14H,4-7,11-12H2,1-3H3. The van der Waals surface area contributed by atoms with Crippen LogP contribution in [-0.2, 0) is 13.1 Å². The molecule has 0 unspecified atom stereocenters. The molecule has 2 aromatic heterocycles. The van der Waals surface area contributed by atoms with E-state index >= 15 is 0 Å². The van der Waals surface area contributed by atoms with Crippen molar-refractivity contribution in [2.75, 3.05) is 13.1 Å². The number of nitrogens with zero attached hydrogens (tertiary/aromatic N) is 5. The smallest absolute Gasteiger partial charge is 0.234 e. The van der Waals surface area contributed by atoms with Crippen molar-refractivity contribution in [3.63, 3.8) is 0 Å². The summed E-state index contributed by atoms with van der Waals surface area (Å²) in [6, 6.07) is 4.24. The highest BCUT2D eigenvalue weighted by Crippen LogP contribution is 2.23. The quantitative estimate of drug-likeness (QED) is 0.870. The lowest BCUT2D eigenvalue weighted by atomic mass is 9.99. The first kappa shape index (κ1) is 15.9. The molecule has 0 aliphatic carbocycles. The molecular formula is C18H25N5. The minimum Gasteiger partial charge on any atom is -0.328 e. The SMILES string of the molecule is CC(C)Cn1c(CN2CCC(C)CC2)cc2cnc(C#N)nc21. The number of nitriles is 1. The molecular weight excluding hydrogens is 286 g/mol. The molecule has 0 amide bonds. The van der Waals surface area contributed by atoms with Crippen LogP contribution >= 0.6 is 0 Å². The monoisotopic (exact) mass is 311 g/mol. The van der Waals surface area contributed by atoms with Crippen molar-refractivity contribution in [3.05, 3.63) is 23.8 Å². The summed E-state index contributed by atoms with van der Waals surface area (Å²) in [6.45, 7) is 11.0. The second kappa shape index (κ2) is 6.67. The van der Waals surface area contributed by atoms with Crippen LogP contribution in [0.25, 0.3) is 11.0 Å². The molecule has 1 aliphatic rings. The summed E-state index contributed by atoms with van der Waals surface area (Å²) in [4.78, 5) is 11.1. The second-order valence-corrected chi connectivity index (χ2v) is 7.18. The van der Waals surface area contributed by atoms with Gasteiger partial charge in [0, 0.05) is 30.4 Å². The fourth-order valence-electron chi connectivity index (χ4n) is 3.30. The Bertz CT molecular complexity index is 717. The molecule has 5 nitrogen and oxygen atoms in total. The number of rotatable bonds is 4. The van der Waals surface area contributed by atoms with Crippen LogP contribution in [0, 0.1) is 23.2 Å². The van der Waals surface area contributed by atoms with Crippen LogP contribution in [0.3, 0.4) is 0 Å². The Labute approximate surface area is 137 Å². The van der Waals surface area contributed by atoms with E-state index in [0.717, 1.165) is 30.0 Å². The van der Waals surface area contributed by atoms with Crippen molar-refractivity contribution in [2.45, 2.75) is 46.7 Å². The van der Waals surface area contributed by atoms with Crippen LogP contribution in [0.4, 0.5) is 0 Å². The van der Waals surface area contributed by atoms with Crippen LogP contribution in [0.5, 0.6) is 0 Å². The highest BCUT2D eigenvalue weighted by atomic mass is 15.2. The third-order valence-electron chi connectivity index (χ3n) is 4.63. The molecule has 0 radical (unpaired) electrons. The molecule has 1 saturated heterocycles. The van der Waals surface area contributed by atoms with Gasteiger partial charge in [-0.1, -0.05) is 20.8 Å². The van der Waals surface area contributed by atoms with E-state index in [1.165, 1.54) is 31.6 Å². The Hall–Kier alpha value is -1.93. The maximum Gasteiger partial charge on any atom is 0.234 e. The molecule has 0 N–H and O–H groups in total. The third-order valence-corrected chi connectivity index (χ3v) is 4.63. The third kappa shape index (κ3) is 3.53. The molecule has 122 valence electrons. The summed E-state index contributed by atoms with van der Waals surface area (Å²) in [5.41, 5.74) is 2.18. The molecule has 0 aromatic carbocycles. The van der Waals surface area contributed by atoms with Crippen molar-refractivity contribution in [1.82, 2.24) is 19.4 Å². The van der Waals surface area contributed by atoms with E-state index in [1.807, 2.05) is 6.07 Å². The zero-order valence-electron chi connectivity index (χ0n) is 14.3. The predicted octanol–water partition coefficient (Wildman–Crippen LogP) is 3.19. The fourth-order valence-corrected chi connectivity index (χ4v) is 3.30. The van der Waals surface area contributed by atoms with Crippen molar-refractivity contribution in [2.24, 2.45) is 11.8 Å². The maximum absolute atomic E-state index is 9.07. The van der Waals surface area contributed by atoms with Crippen molar-refractivity contribution in [1.29, 1.82) is 5.26 Å². The number of fused-ring (bicyclic) bond motifs is 1. The van der Waals surface area contributed by atoms with E-state index < -0.39 is 0 Å². The number of likely N-dealkylation sites (tertiary alicyclic amines) is 1. The number of piperidine rings is 1. The van der Waals surface area contributed by atoms with Gasteiger partial charge in [-0.05, 0) is 43.8 Å². The summed E-state index contributed by atoms with van der Waals surface area (Å²) in [5, 5.41) is 10.1. The molecule has 0 saturated carbocycles. The van der Waals surface area contributed by atoms with E-state index in [-0.39, 0.29) is 5.82 Å². The minimum absolute atomic E-state index is 0.249. The van der Waals surface area contributed by atoms with Gasteiger partial charge >= 0.3 is 0 Å². The van der Waals surface area contributed by atoms with Gasteiger partial charge in [-0.2, -0.15) is 5.26 Å². The van der Waals surface area contributed by atoms with Gasteiger partial charge in [0.25, 0.3) is 0 Å². The Morgan fingerprint density at radius 1 is 1.35 bits per heavy atom. The lowest BCUT2D eigenvalue weighted by Gasteiger charge is -2.30. The molecule has 0 bridgehead atoms. The molecule has 0 spiro atoms. The summed E-state index contributed by atoms with van der Waals surface area (Å²) in [5.74, 6) is 1.63. The number of aromatic nitrogens is 3. The summed E-state index contributed by atoms with van der Waals surface area (Å²) >= 11 is 0. The van der Waals surface area contributed by atoms with Crippen molar-refractivity contribution in [3.8, 4) is 6.07 Å². The van der Waals surface area contributed by atoms with Gasteiger partial charge in [-0.15, -0.1) is 0 Å². The highest BCUT2D eigenvalue weighted by molar-refractivity contribution is 5.76. The van der Waals surface area contributed by atoms with Crippen molar-refractivity contribution >= 4 is 11.0 Å². The van der Waals surface area contributed by atoms with Gasteiger partial charge in [-0.3, -0.25) is 4.90 Å². The second-order valence-electron chi connectivity index (χ2n) is 7.18. The van der Waals surface area contributed by atoms with Crippen molar-refractivity contribution < 1.29 is 0 Å². The first-order chi connectivity index (χ1) is 11.1. The highest BCUT2D eigenvalue weighted by Gasteiger charge is 2.19. The van der Waals surface area contributed by atoms with E-state index in [4.69, 9.17) is 5.26 Å². The Morgan fingerprint density at radius 3 is 2.74 bits per heavy atom. The van der Waals surface area contributed by atoms with Crippen LogP contribution in [-0.4, -0.2) is 32.5 Å². The fraction of sp³-hybridized carbons (Fsp3) is 0.611. The van der Waals surface area contributed by atoms with Gasteiger partial charge in [0.1, 0.15) is 11.7 Å². The number of hydrogen-bond donors (Lipinski definition) is 0. The predicted molar refractivity (Wildman–Crippen MR) is 90.8 cm³/mol. The summed E-state index contributed by atoms with van der Waals surface area (Å²) < 4.78 is 2.28. The molecule has 5 heteroatoms. The largest absolute Gasteiger partial charge is 0.328 e. The van der Waals surface area contributed by atoms with E-state index in [2.05, 4.69) is 46.3 Å². The zero-order valence-corrected chi connectivity index (χ0v) is 14.3. The molecule has 2 aromatic rings. The minimum atomic E-state index is 0.249. The Balaban J connectivity index is 1.93. The van der Waals surface area contributed by atoms with E-state index in [9.17, 15) is 0 Å². The molecule has 3 heterocycles. The van der Waals surface area contributed by atoms with Gasteiger partial charge < -0.3 is 4.57 Å². The molecule has 23 heavy (non-hydrogen) atoms. The van der Waals surface area contributed by atoms with Crippen LogP contribution < -0.4 is 0 Å². The lowest BCUT2D eigenvalue weighted by Crippen LogP contribution is -2.33. The Morgan fingerprint density at radius 2 is 2.09 bits per heavy atom. The zero-order chi connectivity index (χ0) is 16.4. The average molecular weight is 311 g/mol. The van der Waals surface area contributed by atoms with E-state index in [1.54, 1.807) is 6.20 Å². The molecule has 1 fully saturated rings. The normalized spacial score (nSPS) is 17.0. The molecule has 3 rings (SSSR count). The summed E-state index contributed by atoms with van der Waals surface area (Å²) in [6.07, 6.45) is 4.34.